The van der Waals surface area contributed by atoms with Crippen molar-refractivity contribution >= 4 is 11.7 Å². The summed E-state index contributed by atoms with van der Waals surface area (Å²) in [5.41, 5.74) is 2.21. The number of amides is 1. The van der Waals surface area contributed by atoms with Gasteiger partial charge in [-0.15, -0.1) is 0 Å². The fraction of sp³-hybridized carbons (Fsp3) is 0.429. The number of hydrogen-bond acceptors (Lipinski definition) is 4. The standard InChI is InChI=1S/C21H27N3O3/c1-15(25)17-12-19(23(2)14-17)21(26)22-13-20(24-10-4-5-11-24)16-6-8-18(27-3)9-7-16/h6-9,12,14,20H,4-5,10-11,13H2,1-3H3,(H,22,26). The van der Waals surface area contributed by atoms with Crippen LogP contribution in [-0.2, 0) is 7.05 Å². The average molecular weight is 369 g/mol. The zero-order valence-corrected chi connectivity index (χ0v) is 16.2. The second-order valence-corrected chi connectivity index (χ2v) is 7.02. The molecule has 144 valence electrons. The van der Waals surface area contributed by atoms with E-state index in [-0.39, 0.29) is 17.7 Å². The number of ether oxygens (including phenoxy) is 1. The number of rotatable bonds is 7. The van der Waals surface area contributed by atoms with Crippen LogP contribution in [0.2, 0.25) is 0 Å². The Morgan fingerprint density at radius 3 is 2.41 bits per heavy atom. The lowest BCUT2D eigenvalue weighted by Crippen LogP contribution is -2.37. The number of benzene rings is 1. The van der Waals surface area contributed by atoms with Gasteiger partial charge in [-0.1, -0.05) is 12.1 Å². The van der Waals surface area contributed by atoms with Gasteiger partial charge in [0.15, 0.2) is 5.78 Å². The van der Waals surface area contributed by atoms with Crippen LogP contribution in [0.4, 0.5) is 0 Å². The van der Waals surface area contributed by atoms with E-state index in [9.17, 15) is 9.59 Å². The third-order valence-corrected chi connectivity index (χ3v) is 5.18. The van der Waals surface area contributed by atoms with Crippen LogP contribution in [-0.4, -0.2) is 47.9 Å². The van der Waals surface area contributed by atoms with Crippen LogP contribution in [0.25, 0.3) is 0 Å². The highest BCUT2D eigenvalue weighted by molar-refractivity contribution is 5.99. The van der Waals surface area contributed by atoms with Crippen LogP contribution in [0.15, 0.2) is 36.5 Å². The predicted molar refractivity (Wildman–Crippen MR) is 104 cm³/mol. The quantitative estimate of drug-likeness (QED) is 0.763. The summed E-state index contributed by atoms with van der Waals surface area (Å²) in [6, 6.07) is 9.80. The van der Waals surface area contributed by atoms with Crippen molar-refractivity contribution in [1.29, 1.82) is 0 Å². The number of nitrogens with one attached hydrogen (secondary N) is 1. The maximum absolute atomic E-state index is 12.7. The van der Waals surface area contributed by atoms with Gasteiger partial charge in [-0.25, -0.2) is 0 Å². The van der Waals surface area contributed by atoms with E-state index in [0.717, 1.165) is 24.4 Å². The Kier molecular flexibility index (Phi) is 5.96. The maximum Gasteiger partial charge on any atom is 0.267 e. The number of ketones is 1. The number of likely N-dealkylation sites (tertiary alicyclic amines) is 1. The summed E-state index contributed by atoms with van der Waals surface area (Å²) in [4.78, 5) is 26.6. The first-order valence-corrected chi connectivity index (χ1v) is 9.33. The molecule has 2 aromatic rings. The zero-order valence-electron chi connectivity index (χ0n) is 16.2. The molecule has 1 fully saturated rings. The molecule has 1 atom stereocenters. The highest BCUT2D eigenvalue weighted by atomic mass is 16.5. The zero-order chi connectivity index (χ0) is 19.4. The molecule has 0 bridgehead atoms. The first-order valence-electron chi connectivity index (χ1n) is 9.33. The smallest absolute Gasteiger partial charge is 0.267 e. The van der Waals surface area contributed by atoms with Crippen molar-refractivity contribution in [3.05, 3.63) is 53.3 Å². The van der Waals surface area contributed by atoms with E-state index >= 15 is 0 Å². The molecule has 1 unspecified atom stereocenters. The Labute approximate surface area is 160 Å². The van der Waals surface area contributed by atoms with E-state index < -0.39 is 0 Å². The first-order chi connectivity index (χ1) is 13.0. The van der Waals surface area contributed by atoms with Crippen molar-refractivity contribution in [3.63, 3.8) is 0 Å². The van der Waals surface area contributed by atoms with Crippen LogP contribution >= 0.6 is 0 Å². The van der Waals surface area contributed by atoms with E-state index in [4.69, 9.17) is 4.74 Å². The van der Waals surface area contributed by atoms with E-state index in [0.29, 0.717) is 17.8 Å². The molecular weight excluding hydrogens is 342 g/mol. The van der Waals surface area contributed by atoms with E-state index in [1.165, 1.54) is 19.8 Å². The SMILES string of the molecule is COc1ccc(C(CNC(=O)c2cc(C(C)=O)cn2C)N2CCCC2)cc1. The fourth-order valence-corrected chi connectivity index (χ4v) is 3.60. The lowest BCUT2D eigenvalue weighted by Gasteiger charge is -2.28. The minimum Gasteiger partial charge on any atom is -0.497 e. The summed E-state index contributed by atoms with van der Waals surface area (Å²) in [5, 5.41) is 3.05. The molecule has 1 aromatic carbocycles. The average Bonchev–Trinajstić information content (AvgIpc) is 3.32. The predicted octanol–water partition coefficient (Wildman–Crippen LogP) is 2.80. The lowest BCUT2D eigenvalue weighted by molar-refractivity contribution is 0.0929. The van der Waals surface area contributed by atoms with Crippen LogP contribution in [0.3, 0.4) is 0 Å². The number of aryl methyl sites for hydroxylation is 1. The molecule has 6 nitrogen and oxygen atoms in total. The molecular formula is C21H27N3O3. The number of carbonyl (C=O) groups is 2. The van der Waals surface area contributed by atoms with Gasteiger partial charge in [0.2, 0.25) is 0 Å². The number of carbonyl (C=O) groups excluding carboxylic acids is 2. The molecule has 1 amide bonds. The van der Waals surface area contributed by atoms with Gasteiger partial charge in [-0.2, -0.15) is 0 Å². The molecule has 6 heteroatoms. The molecule has 27 heavy (non-hydrogen) atoms. The third kappa shape index (κ3) is 4.39. The molecule has 1 aliphatic rings. The fourth-order valence-electron chi connectivity index (χ4n) is 3.60. The summed E-state index contributed by atoms with van der Waals surface area (Å²) >= 11 is 0. The van der Waals surface area contributed by atoms with Crippen LogP contribution in [0.5, 0.6) is 5.75 Å². The van der Waals surface area contributed by atoms with E-state index in [2.05, 4.69) is 22.3 Å². The molecule has 1 aliphatic heterocycles. The van der Waals surface area contributed by atoms with Gasteiger partial charge in [0.25, 0.3) is 5.91 Å². The minimum absolute atomic E-state index is 0.0437. The number of hydrogen-bond donors (Lipinski definition) is 1. The second kappa shape index (κ2) is 8.39. The molecule has 2 heterocycles. The van der Waals surface area contributed by atoms with Gasteiger partial charge in [0, 0.05) is 25.4 Å². The third-order valence-electron chi connectivity index (χ3n) is 5.18. The topological polar surface area (TPSA) is 63.6 Å². The normalized spacial score (nSPS) is 15.5. The summed E-state index contributed by atoms with van der Waals surface area (Å²) < 4.78 is 6.95. The maximum atomic E-state index is 12.7. The summed E-state index contributed by atoms with van der Waals surface area (Å²) in [5.74, 6) is 0.615. The lowest BCUT2D eigenvalue weighted by atomic mass is 10.1. The molecule has 0 aliphatic carbocycles. The van der Waals surface area contributed by atoms with Crippen LogP contribution in [0.1, 0.15) is 52.2 Å². The molecule has 0 saturated carbocycles. The van der Waals surface area contributed by atoms with Gasteiger partial charge in [0.1, 0.15) is 11.4 Å². The number of methoxy groups -OCH3 is 1. The van der Waals surface area contributed by atoms with E-state index in [1.807, 2.05) is 12.1 Å². The van der Waals surface area contributed by atoms with Gasteiger partial charge < -0.3 is 14.6 Å². The highest BCUT2D eigenvalue weighted by Crippen LogP contribution is 2.26. The van der Waals surface area contributed by atoms with Gasteiger partial charge in [0.05, 0.1) is 13.2 Å². The summed E-state index contributed by atoms with van der Waals surface area (Å²) in [7, 11) is 3.44. The van der Waals surface area contributed by atoms with Crippen molar-refractivity contribution in [1.82, 2.24) is 14.8 Å². The van der Waals surface area contributed by atoms with Crippen LogP contribution < -0.4 is 10.1 Å². The monoisotopic (exact) mass is 369 g/mol. The van der Waals surface area contributed by atoms with E-state index in [1.54, 1.807) is 31.0 Å². The van der Waals surface area contributed by atoms with Gasteiger partial charge in [-0.05, 0) is 56.6 Å². The number of aromatic nitrogens is 1. The summed E-state index contributed by atoms with van der Waals surface area (Å²) in [6.45, 7) is 4.09. The van der Waals surface area contributed by atoms with Crippen molar-refractivity contribution in [2.24, 2.45) is 7.05 Å². The van der Waals surface area contributed by atoms with Crippen molar-refractivity contribution in [2.45, 2.75) is 25.8 Å². The summed E-state index contributed by atoms with van der Waals surface area (Å²) in [6.07, 6.45) is 4.05. The minimum atomic E-state index is -0.164. The number of nitrogens with zero attached hydrogens (tertiary/aromatic N) is 2. The Morgan fingerprint density at radius 1 is 1.19 bits per heavy atom. The molecule has 0 spiro atoms. The van der Waals surface area contributed by atoms with Gasteiger partial charge in [-0.3, -0.25) is 14.5 Å². The Morgan fingerprint density at radius 2 is 1.85 bits per heavy atom. The van der Waals surface area contributed by atoms with Crippen LogP contribution in [0, 0.1) is 0 Å². The highest BCUT2D eigenvalue weighted by Gasteiger charge is 2.24. The van der Waals surface area contributed by atoms with Crippen molar-refractivity contribution in [2.75, 3.05) is 26.7 Å². The second-order valence-electron chi connectivity index (χ2n) is 7.02. The Hall–Kier alpha value is -2.60. The van der Waals surface area contributed by atoms with Crippen molar-refractivity contribution < 1.29 is 14.3 Å². The van der Waals surface area contributed by atoms with Gasteiger partial charge >= 0.3 is 0 Å². The first kappa shape index (κ1) is 19.2. The largest absolute Gasteiger partial charge is 0.497 e. The molecule has 1 N–H and O–H groups in total. The Bertz CT molecular complexity index is 805. The molecule has 3 rings (SSSR count). The van der Waals surface area contributed by atoms with Crippen molar-refractivity contribution in [3.8, 4) is 5.75 Å². The molecule has 0 radical (unpaired) electrons. The Balaban J connectivity index is 1.74. The number of Topliss-reactive ketones (excluding diaryl/α,β-unsaturated/α-hetero) is 1. The molecule has 1 aromatic heterocycles. The molecule has 1 saturated heterocycles.